The number of benzene rings is 1. The number of carbonyl (C=O) groups is 1. The number of fused-ring (bicyclic) bond motifs is 1. The Morgan fingerprint density at radius 3 is 3.08 bits per heavy atom. The summed E-state index contributed by atoms with van der Waals surface area (Å²) in [6.07, 6.45) is 4.30. The summed E-state index contributed by atoms with van der Waals surface area (Å²) in [5.41, 5.74) is 2.06. The van der Waals surface area contributed by atoms with E-state index in [1.807, 2.05) is 30.7 Å². The molecular formula is C19H25N3O3. The van der Waals surface area contributed by atoms with Gasteiger partial charge in [-0.05, 0) is 24.0 Å². The van der Waals surface area contributed by atoms with E-state index in [1.165, 1.54) is 0 Å². The van der Waals surface area contributed by atoms with Crippen molar-refractivity contribution < 1.29 is 14.3 Å². The third-order valence-electron chi connectivity index (χ3n) is 4.36. The van der Waals surface area contributed by atoms with Gasteiger partial charge in [-0.1, -0.05) is 19.9 Å². The fraction of sp³-hybridized carbons (Fsp3) is 0.474. The summed E-state index contributed by atoms with van der Waals surface area (Å²) in [5, 5.41) is 3.02. The molecule has 1 aromatic heterocycles. The molecule has 2 aromatic rings. The highest BCUT2D eigenvalue weighted by molar-refractivity contribution is 5.79. The molecule has 0 saturated heterocycles. The number of methoxy groups -OCH3 is 1. The Bertz CT molecular complexity index is 739. The Labute approximate surface area is 148 Å². The van der Waals surface area contributed by atoms with Gasteiger partial charge in [0, 0.05) is 18.8 Å². The van der Waals surface area contributed by atoms with Crippen molar-refractivity contribution in [2.24, 2.45) is 11.8 Å². The minimum atomic E-state index is -0.178. The maximum absolute atomic E-state index is 12.5. The lowest BCUT2D eigenvalue weighted by Crippen LogP contribution is -2.37. The molecule has 0 unspecified atom stereocenters. The molecule has 134 valence electrons. The molecule has 3 rings (SSSR count). The van der Waals surface area contributed by atoms with Gasteiger partial charge in [0.1, 0.15) is 18.1 Å². The van der Waals surface area contributed by atoms with Crippen molar-refractivity contribution in [3.63, 3.8) is 0 Å². The fourth-order valence-electron chi connectivity index (χ4n) is 3.02. The van der Waals surface area contributed by atoms with Crippen molar-refractivity contribution in [3.8, 4) is 11.5 Å². The second-order valence-electron chi connectivity index (χ2n) is 6.83. The zero-order chi connectivity index (χ0) is 17.8. The van der Waals surface area contributed by atoms with Crippen LogP contribution in [-0.4, -0.2) is 29.2 Å². The molecule has 1 N–H and O–H groups in total. The molecule has 0 bridgehead atoms. The summed E-state index contributed by atoms with van der Waals surface area (Å²) >= 11 is 0. The van der Waals surface area contributed by atoms with Gasteiger partial charge in [0.15, 0.2) is 0 Å². The highest BCUT2D eigenvalue weighted by atomic mass is 16.5. The molecule has 0 radical (unpaired) electrons. The van der Waals surface area contributed by atoms with E-state index in [0.717, 1.165) is 29.3 Å². The number of rotatable bonds is 6. The maximum Gasteiger partial charge on any atom is 0.227 e. The van der Waals surface area contributed by atoms with E-state index in [0.29, 0.717) is 25.5 Å². The molecule has 25 heavy (non-hydrogen) atoms. The van der Waals surface area contributed by atoms with Crippen molar-refractivity contribution in [1.82, 2.24) is 14.9 Å². The van der Waals surface area contributed by atoms with E-state index in [1.54, 1.807) is 7.11 Å². The van der Waals surface area contributed by atoms with Crippen LogP contribution in [-0.2, 0) is 24.3 Å². The summed E-state index contributed by atoms with van der Waals surface area (Å²) in [6, 6.07) is 5.73. The van der Waals surface area contributed by atoms with E-state index in [2.05, 4.69) is 28.7 Å². The smallest absolute Gasteiger partial charge is 0.227 e. The molecule has 1 aliphatic rings. The maximum atomic E-state index is 12.5. The van der Waals surface area contributed by atoms with E-state index in [9.17, 15) is 4.79 Å². The van der Waals surface area contributed by atoms with Crippen LogP contribution in [0.1, 0.15) is 25.1 Å². The number of amides is 1. The highest BCUT2D eigenvalue weighted by Crippen LogP contribution is 2.31. The average Bonchev–Trinajstić information content (AvgIpc) is 3.05. The minimum absolute atomic E-state index is 0.0127. The zero-order valence-electron chi connectivity index (χ0n) is 15.0. The monoisotopic (exact) mass is 343 g/mol. The van der Waals surface area contributed by atoms with Crippen LogP contribution in [0.3, 0.4) is 0 Å². The lowest BCUT2D eigenvalue weighted by atomic mass is 9.96. The van der Waals surface area contributed by atoms with E-state index < -0.39 is 0 Å². The quantitative estimate of drug-likeness (QED) is 0.875. The van der Waals surface area contributed by atoms with Gasteiger partial charge in [0.05, 0.1) is 31.6 Å². The Hall–Kier alpha value is -2.50. The standard InChI is InChI=1S/C19H25N3O3/c1-13(2)10-22-12-20-8-16(22)9-21-19(23)15-6-14-4-5-17(24-3)7-18(14)25-11-15/h4-5,7-8,12-13,15H,6,9-11H2,1-3H3,(H,21,23)/t15-/m0/s1. The minimum Gasteiger partial charge on any atom is -0.497 e. The fourth-order valence-corrected chi connectivity index (χ4v) is 3.02. The van der Waals surface area contributed by atoms with Crippen molar-refractivity contribution in [2.45, 2.75) is 33.4 Å². The Morgan fingerprint density at radius 2 is 2.32 bits per heavy atom. The Balaban J connectivity index is 1.58. The van der Waals surface area contributed by atoms with Crippen LogP contribution in [0.5, 0.6) is 11.5 Å². The van der Waals surface area contributed by atoms with Crippen LogP contribution in [0.2, 0.25) is 0 Å². The molecule has 1 amide bonds. The second-order valence-corrected chi connectivity index (χ2v) is 6.83. The van der Waals surface area contributed by atoms with Gasteiger partial charge in [-0.25, -0.2) is 4.98 Å². The van der Waals surface area contributed by atoms with Crippen molar-refractivity contribution in [2.75, 3.05) is 13.7 Å². The molecule has 0 aliphatic carbocycles. The highest BCUT2D eigenvalue weighted by Gasteiger charge is 2.26. The lowest BCUT2D eigenvalue weighted by Gasteiger charge is -2.25. The van der Waals surface area contributed by atoms with Gasteiger partial charge in [0.2, 0.25) is 5.91 Å². The molecule has 1 aliphatic heterocycles. The summed E-state index contributed by atoms with van der Waals surface area (Å²) < 4.78 is 13.0. The number of carbonyl (C=O) groups excluding carboxylic acids is 1. The topological polar surface area (TPSA) is 65.4 Å². The predicted molar refractivity (Wildman–Crippen MR) is 94.6 cm³/mol. The van der Waals surface area contributed by atoms with Gasteiger partial charge in [-0.3, -0.25) is 4.79 Å². The second kappa shape index (κ2) is 7.59. The zero-order valence-corrected chi connectivity index (χ0v) is 15.0. The number of hydrogen-bond donors (Lipinski definition) is 1. The largest absolute Gasteiger partial charge is 0.497 e. The molecule has 6 heteroatoms. The van der Waals surface area contributed by atoms with Crippen LogP contribution >= 0.6 is 0 Å². The molecule has 2 heterocycles. The van der Waals surface area contributed by atoms with Crippen LogP contribution < -0.4 is 14.8 Å². The molecule has 1 aromatic carbocycles. The first kappa shape index (κ1) is 17.3. The van der Waals surface area contributed by atoms with Crippen LogP contribution in [0.25, 0.3) is 0 Å². The van der Waals surface area contributed by atoms with E-state index in [4.69, 9.17) is 9.47 Å². The number of nitrogens with zero attached hydrogens (tertiary/aromatic N) is 2. The van der Waals surface area contributed by atoms with Gasteiger partial charge < -0.3 is 19.4 Å². The number of hydrogen-bond acceptors (Lipinski definition) is 4. The Kier molecular flexibility index (Phi) is 5.26. The van der Waals surface area contributed by atoms with Crippen LogP contribution in [0.4, 0.5) is 0 Å². The van der Waals surface area contributed by atoms with Crippen LogP contribution in [0, 0.1) is 11.8 Å². The van der Waals surface area contributed by atoms with Gasteiger partial charge >= 0.3 is 0 Å². The first-order chi connectivity index (χ1) is 12.1. The lowest BCUT2D eigenvalue weighted by molar-refractivity contribution is -0.126. The first-order valence-corrected chi connectivity index (χ1v) is 8.63. The third-order valence-corrected chi connectivity index (χ3v) is 4.36. The molecule has 0 fully saturated rings. The number of imidazole rings is 1. The third kappa shape index (κ3) is 4.13. The Morgan fingerprint density at radius 1 is 1.48 bits per heavy atom. The number of nitrogens with one attached hydrogen (secondary N) is 1. The van der Waals surface area contributed by atoms with Crippen LogP contribution in [0.15, 0.2) is 30.7 Å². The van der Waals surface area contributed by atoms with Crippen molar-refractivity contribution in [3.05, 3.63) is 42.0 Å². The first-order valence-electron chi connectivity index (χ1n) is 8.63. The summed E-state index contributed by atoms with van der Waals surface area (Å²) in [7, 11) is 1.63. The van der Waals surface area contributed by atoms with Gasteiger partial charge in [-0.15, -0.1) is 0 Å². The van der Waals surface area contributed by atoms with E-state index in [-0.39, 0.29) is 11.8 Å². The summed E-state index contributed by atoms with van der Waals surface area (Å²) in [5.74, 6) is 1.93. The predicted octanol–water partition coefficient (Wildman–Crippen LogP) is 2.42. The normalized spacial score (nSPS) is 16.2. The molecule has 0 saturated carbocycles. The van der Waals surface area contributed by atoms with Gasteiger partial charge in [0.25, 0.3) is 0 Å². The molecular weight excluding hydrogens is 318 g/mol. The molecule has 6 nitrogen and oxygen atoms in total. The van der Waals surface area contributed by atoms with Crippen molar-refractivity contribution >= 4 is 5.91 Å². The number of ether oxygens (including phenoxy) is 2. The van der Waals surface area contributed by atoms with Crippen molar-refractivity contribution in [1.29, 1.82) is 0 Å². The van der Waals surface area contributed by atoms with E-state index >= 15 is 0 Å². The molecule has 1 atom stereocenters. The summed E-state index contributed by atoms with van der Waals surface area (Å²) in [6.45, 7) is 6.09. The summed E-state index contributed by atoms with van der Waals surface area (Å²) in [4.78, 5) is 16.7. The number of aromatic nitrogens is 2. The SMILES string of the molecule is COc1ccc2c(c1)OC[C@@H](C(=O)NCc1cncn1CC(C)C)C2. The average molecular weight is 343 g/mol. The molecule has 0 spiro atoms. The van der Waals surface area contributed by atoms with Gasteiger partial charge in [-0.2, -0.15) is 0 Å².